The average Bonchev–Trinajstić information content (AvgIpc) is 3.03. The lowest BCUT2D eigenvalue weighted by Crippen LogP contribution is -2.25. The Labute approximate surface area is 113 Å². The maximum atomic E-state index is 10.4. The van der Waals surface area contributed by atoms with Crippen LogP contribution in [0.3, 0.4) is 0 Å². The fourth-order valence-corrected chi connectivity index (χ4v) is 2.93. The van der Waals surface area contributed by atoms with E-state index in [-0.39, 0.29) is 6.10 Å². The van der Waals surface area contributed by atoms with Crippen LogP contribution in [0.4, 0.5) is 0 Å². The Kier molecular flexibility index (Phi) is 3.34. The van der Waals surface area contributed by atoms with Crippen molar-refractivity contribution >= 4 is 0 Å². The van der Waals surface area contributed by atoms with E-state index in [1.165, 1.54) is 11.1 Å². The third-order valence-corrected chi connectivity index (χ3v) is 4.01. The van der Waals surface area contributed by atoms with Gasteiger partial charge in [0, 0.05) is 13.0 Å². The summed E-state index contributed by atoms with van der Waals surface area (Å²) < 4.78 is 1.85. The number of aryl methyl sites for hydroxylation is 1. The quantitative estimate of drug-likeness (QED) is 0.905. The molecule has 0 saturated carbocycles. The molecule has 1 atom stereocenters. The molecule has 0 bridgehead atoms. The summed E-state index contributed by atoms with van der Waals surface area (Å²) in [4.78, 5) is 4.24. The number of hydrogen-bond donors (Lipinski definition) is 1. The van der Waals surface area contributed by atoms with E-state index >= 15 is 0 Å². The van der Waals surface area contributed by atoms with Gasteiger partial charge in [-0.05, 0) is 36.8 Å². The van der Waals surface area contributed by atoms with Crippen LogP contribution in [0, 0.1) is 5.92 Å². The fourth-order valence-electron chi connectivity index (χ4n) is 2.93. The van der Waals surface area contributed by atoms with Crippen molar-refractivity contribution in [2.24, 2.45) is 5.92 Å². The summed E-state index contributed by atoms with van der Waals surface area (Å²) in [6.45, 7) is 2.84. The van der Waals surface area contributed by atoms with Gasteiger partial charge in [0.25, 0.3) is 0 Å². The minimum absolute atomic E-state index is 0.305. The number of hydrogen-bond acceptors (Lipinski definition) is 3. The zero-order chi connectivity index (χ0) is 13.2. The Morgan fingerprint density at radius 3 is 2.63 bits per heavy atom. The number of rotatable bonds is 4. The van der Waals surface area contributed by atoms with E-state index in [9.17, 15) is 5.11 Å². The predicted octanol–water partition coefficient (Wildman–Crippen LogP) is 1.62. The van der Waals surface area contributed by atoms with Crippen LogP contribution in [-0.4, -0.2) is 26.0 Å². The average molecular weight is 257 g/mol. The molecule has 1 aliphatic carbocycles. The van der Waals surface area contributed by atoms with Gasteiger partial charge in [-0.15, -0.1) is 0 Å². The molecule has 0 fully saturated rings. The third kappa shape index (κ3) is 2.40. The molecule has 1 aromatic carbocycles. The van der Waals surface area contributed by atoms with E-state index in [0.717, 1.165) is 25.2 Å². The standard InChI is InChI=1S/C15H19N3O/c1-2-18-15(16-10-17-18)9-14(19)13-7-11-5-3-4-6-12(11)8-13/h3-6,10,13-14,19H,2,7-9H2,1H3. The van der Waals surface area contributed by atoms with Crippen molar-refractivity contribution in [3.63, 3.8) is 0 Å². The molecule has 0 amide bonds. The molecule has 4 heteroatoms. The van der Waals surface area contributed by atoms with E-state index in [1.54, 1.807) is 6.33 Å². The van der Waals surface area contributed by atoms with Gasteiger partial charge < -0.3 is 5.11 Å². The van der Waals surface area contributed by atoms with Crippen LogP contribution < -0.4 is 0 Å². The summed E-state index contributed by atoms with van der Waals surface area (Å²) in [6, 6.07) is 8.47. The van der Waals surface area contributed by atoms with Gasteiger partial charge in [-0.25, -0.2) is 4.98 Å². The normalized spacial score (nSPS) is 16.5. The van der Waals surface area contributed by atoms with Gasteiger partial charge in [-0.2, -0.15) is 5.10 Å². The highest BCUT2D eigenvalue weighted by Crippen LogP contribution is 2.29. The van der Waals surface area contributed by atoms with Gasteiger partial charge in [-0.3, -0.25) is 4.68 Å². The smallest absolute Gasteiger partial charge is 0.138 e. The Bertz CT molecular complexity index is 539. The first-order chi connectivity index (χ1) is 9.28. The molecule has 2 aromatic rings. The highest BCUT2D eigenvalue weighted by molar-refractivity contribution is 5.32. The molecule has 1 aliphatic rings. The van der Waals surface area contributed by atoms with Crippen molar-refractivity contribution in [1.82, 2.24) is 14.8 Å². The second-order valence-electron chi connectivity index (χ2n) is 5.20. The molecule has 1 heterocycles. The van der Waals surface area contributed by atoms with Crippen molar-refractivity contribution < 1.29 is 5.11 Å². The van der Waals surface area contributed by atoms with Gasteiger partial charge in [0.2, 0.25) is 0 Å². The Morgan fingerprint density at radius 1 is 1.32 bits per heavy atom. The fraction of sp³-hybridized carbons (Fsp3) is 0.467. The first kappa shape index (κ1) is 12.4. The number of aromatic nitrogens is 3. The summed E-state index contributed by atoms with van der Waals surface area (Å²) >= 11 is 0. The van der Waals surface area contributed by atoms with Gasteiger partial charge in [0.1, 0.15) is 12.2 Å². The maximum Gasteiger partial charge on any atom is 0.138 e. The minimum atomic E-state index is -0.345. The van der Waals surface area contributed by atoms with E-state index in [0.29, 0.717) is 12.3 Å². The molecule has 0 saturated heterocycles. The summed E-state index contributed by atoms with van der Waals surface area (Å²) in [6.07, 6.45) is 3.75. The van der Waals surface area contributed by atoms with Crippen LogP contribution in [0.25, 0.3) is 0 Å². The Balaban J connectivity index is 1.68. The molecular weight excluding hydrogens is 238 g/mol. The summed E-state index contributed by atoms with van der Waals surface area (Å²) in [5.74, 6) is 1.19. The highest BCUT2D eigenvalue weighted by atomic mass is 16.3. The zero-order valence-corrected chi connectivity index (χ0v) is 11.2. The molecule has 4 nitrogen and oxygen atoms in total. The molecule has 3 rings (SSSR count). The molecule has 19 heavy (non-hydrogen) atoms. The molecule has 0 spiro atoms. The Hall–Kier alpha value is -1.68. The minimum Gasteiger partial charge on any atom is -0.392 e. The number of aliphatic hydroxyl groups excluding tert-OH is 1. The van der Waals surface area contributed by atoms with Gasteiger partial charge >= 0.3 is 0 Å². The summed E-state index contributed by atoms with van der Waals surface area (Å²) in [7, 11) is 0. The monoisotopic (exact) mass is 257 g/mol. The van der Waals surface area contributed by atoms with Crippen molar-refractivity contribution in [3.05, 3.63) is 47.5 Å². The van der Waals surface area contributed by atoms with Crippen molar-refractivity contribution in [3.8, 4) is 0 Å². The number of aliphatic hydroxyl groups is 1. The van der Waals surface area contributed by atoms with Crippen LogP contribution >= 0.6 is 0 Å². The lowest BCUT2D eigenvalue weighted by Gasteiger charge is -2.17. The van der Waals surface area contributed by atoms with Crippen LogP contribution in [0.15, 0.2) is 30.6 Å². The molecule has 100 valence electrons. The van der Waals surface area contributed by atoms with Gasteiger partial charge in [-0.1, -0.05) is 24.3 Å². The number of benzene rings is 1. The van der Waals surface area contributed by atoms with Crippen molar-refractivity contribution in [1.29, 1.82) is 0 Å². The van der Waals surface area contributed by atoms with Crippen LogP contribution in [-0.2, 0) is 25.8 Å². The Morgan fingerprint density at radius 2 is 2.00 bits per heavy atom. The lowest BCUT2D eigenvalue weighted by atomic mass is 9.96. The topological polar surface area (TPSA) is 50.9 Å². The van der Waals surface area contributed by atoms with Crippen LogP contribution in [0.2, 0.25) is 0 Å². The van der Waals surface area contributed by atoms with E-state index in [4.69, 9.17) is 0 Å². The van der Waals surface area contributed by atoms with Gasteiger partial charge in [0.05, 0.1) is 6.10 Å². The van der Waals surface area contributed by atoms with Gasteiger partial charge in [0.15, 0.2) is 0 Å². The third-order valence-electron chi connectivity index (χ3n) is 4.01. The SMILES string of the molecule is CCn1ncnc1CC(O)C1Cc2ccccc2C1. The molecule has 1 aromatic heterocycles. The predicted molar refractivity (Wildman–Crippen MR) is 72.7 cm³/mol. The van der Waals surface area contributed by atoms with Crippen molar-refractivity contribution in [2.45, 2.75) is 38.8 Å². The lowest BCUT2D eigenvalue weighted by molar-refractivity contribution is 0.109. The van der Waals surface area contributed by atoms with Crippen molar-refractivity contribution in [2.75, 3.05) is 0 Å². The van der Waals surface area contributed by atoms with E-state index in [2.05, 4.69) is 34.3 Å². The molecule has 0 radical (unpaired) electrons. The van der Waals surface area contributed by atoms with Crippen LogP contribution in [0.1, 0.15) is 23.9 Å². The zero-order valence-electron chi connectivity index (χ0n) is 11.2. The first-order valence-electron chi connectivity index (χ1n) is 6.89. The van der Waals surface area contributed by atoms with E-state index in [1.807, 2.05) is 11.6 Å². The number of fused-ring (bicyclic) bond motifs is 1. The first-order valence-corrected chi connectivity index (χ1v) is 6.89. The van der Waals surface area contributed by atoms with E-state index < -0.39 is 0 Å². The molecule has 1 unspecified atom stereocenters. The molecule has 1 N–H and O–H groups in total. The summed E-state index contributed by atoms with van der Waals surface area (Å²) in [5.41, 5.74) is 2.76. The highest BCUT2D eigenvalue weighted by Gasteiger charge is 2.28. The summed E-state index contributed by atoms with van der Waals surface area (Å²) in [5, 5.41) is 14.6. The number of nitrogens with zero attached hydrogens (tertiary/aromatic N) is 3. The van der Waals surface area contributed by atoms with Crippen LogP contribution in [0.5, 0.6) is 0 Å². The second-order valence-corrected chi connectivity index (χ2v) is 5.20. The second kappa shape index (κ2) is 5.13. The molecule has 0 aliphatic heterocycles. The largest absolute Gasteiger partial charge is 0.392 e. The molecular formula is C15H19N3O. The maximum absolute atomic E-state index is 10.4.